The number of fused-ring (bicyclic) bond motifs is 1. The molecule has 2 rings (SSSR count). The van der Waals surface area contributed by atoms with E-state index in [0.29, 0.717) is 24.9 Å². The number of ether oxygens (including phenoxy) is 1. The number of nitrogens with zero attached hydrogens (tertiary/aromatic N) is 1. The number of carbonyl (C=O) groups excluding carboxylic acids is 1. The molecule has 0 aliphatic rings. The topological polar surface area (TPSA) is 80.6 Å². The maximum atomic E-state index is 12.7. The summed E-state index contributed by atoms with van der Waals surface area (Å²) in [5.41, 5.74) is 2.63. The van der Waals surface area contributed by atoms with Gasteiger partial charge in [0.2, 0.25) is 0 Å². The minimum atomic E-state index is -0.808. The Labute approximate surface area is 147 Å². The predicted molar refractivity (Wildman–Crippen MR) is 97.3 cm³/mol. The molecule has 6 heteroatoms. The van der Waals surface area contributed by atoms with Gasteiger partial charge in [-0.3, -0.25) is 9.59 Å². The highest BCUT2D eigenvalue weighted by Gasteiger charge is 2.20. The van der Waals surface area contributed by atoms with Gasteiger partial charge in [-0.1, -0.05) is 6.92 Å². The van der Waals surface area contributed by atoms with Crippen molar-refractivity contribution >= 4 is 22.8 Å². The second kappa shape index (κ2) is 8.55. The first kappa shape index (κ1) is 18.8. The highest BCUT2D eigenvalue weighted by molar-refractivity contribution is 6.08. The summed E-state index contributed by atoms with van der Waals surface area (Å²) in [7, 11) is 1.61. The van der Waals surface area contributed by atoms with Crippen LogP contribution in [0.15, 0.2) is 18.2 Å². The first-order chi connectivity index (χ1) is 12.0. The highest BCUT2D eigenvalue weighted by Crippen LogP contribution is 2.29. The number of aliphatic carboxylic acids is 1. The van der Waals surface area contributed by atoms with Crippen LogP contribution in [0.2, 0.25) is 0 Å². The molecule has 25 heavy (non-hydrogen) atoms. The molecule has 0 aliphatic heterocycles. The molecular weight excluding hydrogens is 320 g/mol. The fraction of sp³-hybridized carbons (Fsp3) is 0.474. The molecule has 0 saturated heterocycles. The number of amides is 1. The average molecular weight is 346 g/mol. The number of carbonyl (C=O) groups is 2. The van der Waals surface area contributed by atoms with Gasteiger partial charge in [-0.2, -0.15) is 0 Å². The number of hydrogen-bond donors (Lipinski definition) is 2. The van der Waals surface area contributed by atoms with E-state index in [0.717, 1.165) is 35.3 Å². The van der Waals surface area contributed by atoms with E-state index in [2.05, 4.69) is 16.8 Å². The smallest absolute Gasteiger partial charge is 0.303 e. The van der Waals surface area contributed by atoms with Crippen LogP contribution in [0.1, 0.15) is 48.7 Å². The Morgan fingerprint density at radius 1 is 1.28 bits per heavy atom. The molecule has 1 heterocycles. The van der Waals surface area contributed by atoms with Crippen LogP contribution >= 0.6 is 0 Å². The Morgan fingerprint density at radius 2 is 2.04 bits per heavy atom. The third-order valence-corrected chi connectivity index (χ3v) is 4.31. The molecule has 1 aromatic carbocycles. The predicted octanol–water partition coefficient (Wildman–Crippen LogP) is 3.35. The Bertz CT molecular complexity index is 764. The summed E-state index contributed by atoms with van der Waals surface area (Å²) < 4.78 is 7.47. The Balaban J connectivity index is 2.24. The summed E-state index contributed by atoms with van der Waals surface area (Å²) in [6.07, 6.45) is 2.31. The molecule has 0 saturated carbocycles. The van der Waals surface area contributed by atoms with E-state index in [1.807, 2.05) is 25.1 Å². The summed E-state index contributed by atoms with van der Waals surface area (Å²) in [5.74, 6) is -0.213. The number of aryl methyl sites for hydroxylation is 1. The van der Waals surface area contributed by atoms with Crippen molar-refractivity contribution in [3.63, 3.8) is 0 Å². The van der Waals surface area contributed by atoms with Crippen molar-refractivity contribution in [2.45, 2.75) is 46.1 Å². The normalized spacial score (nSPS) is 10.8. The molecule has 2 aromatic rings. The number of unbranched alkanes of at least 4 members (excludes halogenated alkanes) is 1. The molecule has 0 fully saturated rings. The van der Waals surface area contributed by atoms with Gasteiger partial charge in [0, 0.05) is 36.1 Å². The van der Waals surface area contributed by atoms with Crippen LogP contribution in [0.3, 0.4) is 0 Å². The zero-order valence-electron chi connectivity index (χ0n) is 15.1. The molecule has 0 unspecified atom stereocenters. The van der Waals surface area contributed by atoms with Crippen LogP contribution in [-0.2, 0) is 11.3 Å². The molecule has 0 spiro atoms. The molecule has 0 radical (unpaired) electrons. The summed E-state index contributed by atoms with van der Waals surface area (Å²) >= 11 is 0. The Hall–Kier alpha value is -2.50. The van der Waals surface area contributed by atoms with Crippen LogP contribution in [0.5, 0.6) is 5.75 Å². The third kappa shape index (κ3) is 4.32. The SMILES string of the molecule is CCCn1c(C)c(C(=O)NCCCCC(=O)O)c2cc(OC)ccc21. The fourth-order valence-electron chi connectivity index (χ4n) is 3.08. The van der Waals surface area contributed by atoms with Crippen molar-refractivity contribution in [1.82, 2.24) is 9.88 Å². The van der Waals surface area contributed by atoms with Gasteiger partial charge in [0.15, 0.2) is 0 Å². The second-order valence-corrected chi connectivity index (χ2v) is 6.10. The van der Waals surface area contributed by atoms with Gasteiger partial charge < -0.3 is 19.7 Å². The van der Waals surface area contributed by atoms with Crippen molar-refractivity contribution in [2.75, 3.05) is 13.7 Å². The van der Waals surface area contributed by atoms with Crippen molar-refractivity contribution in [3.05, 3.63) is 29.5 Å². The maximum Gasteiger partial charge on any atom is 0.303 e. The molecule has 0 bridgehead atoms. The van der Waals surface area contributed by atoms with E-state index in [1.54, 1.807) is 7.11 Å². The monoisotopic (exact) mass is 346 g/mol. The Morgan fingerprint density at radius 3 is 2.68 bits per heavy atom. The van der Waals surface area contributed by atoms with Gasteiger partial charge in [-0.05, 0) is 44.4 Å². The van der Waals surface area contributed by atoms with Crippen molar-refractivity contribution in [3.8, 4) is 5.75 Å². The van der Waals surface area contributed by atoms with Crippen molar-refractivity contribution in [2.24, 2.45) is 0 Å². The first-order valence-electron chi connectivity index (χ1n) is 8.66. The summed E-state index contributed by atoms with van der Waals surface area (Å²) in [6.45, 7) is 5.38. The molecule has 0 aliphatic carbocycles. The lowest BCUT2D eigenvalue weighted by Gasteiger charge is -2.07. The molecule has 0 atom stereocenters. The van der Waals surface area contributed by atoms with Gasteiger partial charge in [-0.15, -0.1) is 0 Å². The maximum absolute atomic E-state index is 12.7. The third-order valence-electron chi connectivity index (χ3n) is 4.31. The minimum absolute atomic E-state index is 0.124. The molecule has 6 nitrogen and oxygen atoms in total. The van der Waals surface area contributed by atoms with Crippen molar-refractivity contribution < 1.29 is 19.4 Å². The number of hydrogen-bond acceptors (Lipinski definition) is 3. The van der Waals surface area contributed by atoms with E-state index in [4.69, 9.17) is 9.84 Å². The molecule has 1 aromatic heterocycles. The van der Waals surface area contributed by atoms with Crippen molar-refractivity contribution in [1.29, 1.82) is 0 Å². The lowest BCUT2D eigenvalue weighted by molar-refractivity contribution is -0.137. The standard InChI is InChI=1S/C19H26N2O4/c1-4-11-21-13(2)18(15-12-14(25-3)8-9-16(15)21)19(24)20-10-6-5-7-17(22)23/h8-9,12H,4-7,10-11H2,1-3H3,(H,20,24)(H,22,23). The highest BCUT2D eigenvalue weighted by atomic mass is 16.5. The van der Waals surface area contributed by atoms with E-state index < -0.39 is 5.97 Å². The molecule has 2 N–H and O–H groups in total. The van der Waals surface area contributed by atoms with Gasteiger partial charge >= 0.3 is 5.97 Å². The van der Waals surface area contributed by atoms with Gasteiger partial charge in [-0.25, -0.2) is 0 Å². The van der Waals surface area contributed by atoms with Gasteiger partial charge in [0.1, 0.15) is 5.75 Å². The number of carboxylic acid groups (broad SMARTS) is 1. The molecule has 1 amide bonds. The fourth-order valence-corrected chi connectivity index (χ4v) is 3.08. The van der Waals surface area contributed by atoms with Crippen LogP contribution in [0.4, 0.5) is 0 Å². The number of carboxylic acids is 1. The lowest BCUT2D eigenvalue weighted by Crippen LogP contribution is -2.25. The van der Waals surface area contributed by atoms with Gasteiger partial charge in [0.05, 0.1) is 12.7 Å². The average Bonchev–Trinajstić information content (AvgIpc) is 2.85. The summed E-state index contributed by atoms with van der Waals surface area (Å²) in [6, 6.07) is 5.79. The number of rotatable bonds is 9. The minimum Gasteiger partial charge on any atom is -0.497 e. The summed E-state index contributed by atoms with van der Waals surface area (Å²) in [5, 5.41) is 12.5. The van der Waals surface area contributed by atoms with E-state index in [-0.39, 0.29) is 12.3 Å². The first-order valence-corrected chi connectivity index (χ1v) is 8.66. The number of nitrogens with one attached hydrogen (secondary N) is 1. The lowest BCUT2D eigenvalue weighted by atomic mass is 10.1. The van der Waals surface area contributed by atoms with E-state index in [9.17, 15) is 9.59 Å². The van der Waals surface area contributed by atoms with Gasteiger partial charge in [0.25, 0.3) is 5.91 Å². The zero-order valence-corrected chi connectivity index (χ0v) is 15.1. The van der Waals surface area contributed by atoms with Crippen LogP contribution in [0, 0.1) is 6.92 Å². The quantitative estimate of drug-likeness (QED) is 0.682. The number of benzene rings is 1. The molecular formula is C19H26N2O4. The zero-order chi connectivity index (χ0) is 18.4. The number of methoxy groups -OCH3 is 1. The largest absolute Gasteiger partial charge is 0.497 e. The summed E-state index contributed by atoms with van der Waals surface area (Å²) in [4.78, 5) is 23.2. The van der Waals surface area contributed by atoms with E-state index >= 15 is 0 Å². The Kier molecular flexibility index (Phi) is 6.44. The van der Waals surface area contributed by atoms with Crippen LogP contribution < -0.4 is 10.1 Å². The van der Waals surface area contributed by atoms with Crippen LogP contribution in [-0.4, -0.2) is 35.2 Å². The van der Waals surface area contributed by atoms with E-state index in [1.165, 1.54) is 0 Å². The second-order valence-electron chi connectivity index (χ2n) is 6.10. The molecule has 136 valence electrons. The van der Waals surface area contributed by atoms with Crippen LogP contribution in [0.25, 0.3) is 10.9 Å². The number of aromatic nitrogens is 1.